The molecule has 1 aliphatic heterocycles. The Morgan fingerprint density at radius 2 is 1.76 bits per heavy atom. The molecule has 1 fully saturated rings. The van der Waals surface area contributed by atoms with E-state index >= 15 is 0 Å². The number of sulfonamides is 1. The summed E-state index contributed by atoms with van der Waals surface area (Å²) < 4.78 is 39.2. The van der Waals surface area contributed by atoms with Crippen molar-refractivity contribution in [2.45, 2.75) is 31.6 Å². The number of likely N-dealkylation sites (tertiary alicyclic amines) is 1. The molecule has 0 aliphatic carbocycles. The zero-order valence-corrected chi connectivity index (χ0v) is 21.9. The molecule has 2 aromatic rings. The van der Waals surface area contributed by atoms with Crippen LogP contribution in [-0.4, -0.2) is 58.5 Å². The van der Waals surface area contributed by atoms with Gasteiger partial charge in [0.2, 0.25) is 5.91 Å². The number of anilines is 1. The molecule has 0 N–H and O–H groups in total. The topological polar surface area (TPSA) is 93.2 Å². The minimum Gasteiger partial charge on any atom is -0.496 e. The molecule has 184 valence electrons. The fourth-order valence-corrected chi connectivity index (χ4v) is 5.94. The highest BCUT2D eigenvalue weighted by Gasteiger charge is 2.32. The number of methoxy groups -OCH3 is 1. The van der Waals surface area contributed by atoms with E-state index in [0.29, 0.717) is 48.4 Å². The maximum atomic E-state index is 13.6. The van der Waals surface area contributed by atoms with Gasteiger partial charge in [-0.15, -0.1) is 0 Å². The Hall–Kier alpha value is -2.59. The number of halogens is 1. The van der Waals surface area contributed by atoms with Crippen LogP contribution in [0, 0.1) is 12.8 Å². The van der Waals surface area contributed by atoms with Gasteiger partial charge in [0.1, 0.15) is 12.3 Å². The van der Waals surface area contributed by atoms with Crippen LogP contribution < -0.4 is 9.04 Å². The molecule has 0 unspecified atom stereocenters. The number of esters is 1. The van der Waals surface area contributed by atoms with Crippen molar-refractivity contribution in [3.8, 4) is 5.75 Å². The highest BCUT2D eigenvalue weighted by atomic mass is 79.9. The van der Waals surface area contributed by atoms with Gasteiger partial charge >= 0.3 is 5.97 Å². The lowest BCUT2D eigenvalue weighted by atomic mass is 9.97. The second kappa shape index (κ2) is 11.2. The largest absolute Gasteiger partial charge is 0.496 e. The first-order valence-corrected chi connectivity index (χ1v) is 13.3. The molecule has 0 radical (unpaired) electrons. The fraction of sp³-hybridized carbons (Fsp3) is 0.417. The molecule has 0 aromatic heterocycles. The second-order valence-corrected chi connectivity index (χ2v) is 10.8. The number of rotatable bonds is 8. The molecule has 0 saturated carbocycles. The number of aryl methyl sites for hydroxylation is 1. The first kappa shape index (κ1) is 26.0. The van der Waals surface area contributed by atoms with Crippen molar-refractivity contribution >= 4 is 43.5 Å². The Kier molecular flexibility index (Phi) is 8.59. The summed E-state index contributed by atoms with van der Waals surface area (Å²) in [5.74, 6) is -0.304. The molecule has 8 nitrogen and oxygen atoms in total. The summed E-state index contributed by atoms with van der Waals surface area (Å²) >= 11 is 3.34. The Morgan fingerprint density at radius 1 is 1.12 bits per heavy atom. The quantitative estimate of drug-likeness (QED) is 0.463. The van der Waals surface area contributed by atoms with E-state index in [-0.39, 0.29) is 29.2 Å². The first-order chi connectivity index (χ1) is 16.2. The van der Waals surface area contributed by atoms with Gasteiger partial charge in [-0.3, -0.25) is 13.9 Å². The van der Waals surface area contributed by atoms with E-state index in [2.05, 4.69) is 15.9 Å². The van der Waals surface area contributed by atoms with E-state index in [1.54, 1.807) is 42.2 Å². The van der Waals surface area contributed by atoms with Crippen LogP contribution in [0.5, 0.6) is 5.75 Å². The summed E-state index contributed by atoms with van der Waals surface area (Å²) in [5, 5.41) is 0. The predicted octanol–water partition coefficient (Wildman–Crippen LogP) is 3.76. The normalized spacial score (nSPS) is 14.5. The number of amides is 1. The molecule has 1 heterocycles. The van der Waals surface area contributed by atoms with E-state index < -0.39 is 10.0 Å². The number of nitrogens with zero attached hydrogens (tertiary/aromatic N) is 2. The molecule has 1 amide bonds. The van der Waals surface area contributed by atoms with E-state index in [9.17, 15) is 18.0 Å². The number of benzene rings is 2. The average molecular weight is 553 g/mol. The van der Waals surface area contributed by atoms with Gasteiger partial charge in [-0.2, -0.15) is 0 Å². The van der Waals surface area contributed by atoms with Crippen LogP contribution in [0.1, 0.15) is 25.3 Å². The lowest BCUT2D eigenvalue weighted by Gasteiger charge is -2.33. The van der Waals surface area contributed by atoms with Gasteiger partial charge in [0.15, 0.2) is 0 Å². The zero-order valence-electron chi connectivity index (χ0n) is 19.5. The number of hydrogen-bond donors (Lipinski definition) is 0. The third-order valence-corrected chi connectivity index (χ3v) is 8.17. The van der Waals surface area contributed by atoms with Crippen molar-refractivity contribution in [3.63, 3.8) is 0 Å². The van der Waals surface area contributed by atoms with Gasteiger partial charge in [-0.1, -0.05) is 17.7 Å². The number of hydrogen-bond acceptors (Lipinski definition) is 6. The second-order valence-electron chi connectivity index (χ2n) is 8.05. The van der Waals surface area contributed by atoms with Gasteiger partial charge in [0, 0.05) is 13.1 Å². The summed E-state index contributed by atoms with van der Waals surface area (Å²) in [6.07, 6.45) is 0.987. The smallest absolute Gasteiger partial charge is 0.309 e. The highest BCUT2D eigenvalue weighted by molar-refractivity contribution is 9.10. The van der Waals surface area contributed by atoms with Gasteiger partial charge in [0.05, 0.1) is 34.7 Å². The summed E-state index contributed by atoms with van der Waals surface area (Å²) in [4.78, 5) is 26.8. The van der Waals surface area contributed by atoms with Crippen molar-refractivity contribution in [1.29, 1.82) is 0 Å². The Balaban J connectivity index is 1.84. The molecule has 0 spiro atoms. The van der Waals surface area contributed by atoms with Crippen LogP contribution in [-0.2, 0) is 24.3 Å². The number of ether oxygens (including phenoxy) is 2. The van der Waals surface area contributed by atoms with E-state index in [1.165, 1.54) is 19.2 Å². The van der Waals surface area contributed by atoms with Gasteiger partial charge < -0.3 is 14.4 Å². The lowest BCUT2D eigenvalue weighted by Crippen LogP contribution is -2.46. The molecular weight excluding hydrogens is 524 g/mol. The van der Waals surface area contributed by atoms with Crippen molar-refractivity contribution in [3.05, 3.63) is 52.5 Å². The summed E-state index contributed by atoms with van der Waals surface area (Å²) in [5.41, 5.74) is 1.37. The number of carbonyl (C=O) groups excluding carboxylic acids is 2. The molecule has 3 rings (SSSR count). The Morgan fingerprint density at radius 3 is 2.32 bits per heavy atom. The number of carbonyl (C=O) groups is 2. The van der Waals surface area contributed by atoms with E-state index in [1.807, 2.05) is 6.92 Å². The van der Waals surface area contributed by atoms with Gasteiger partial charge in [0.25, 0.3) is 10.0 Å². The monoisotopic (exact) mass is 552 g/mol. The Labute approximate surface area is 209 Å². The van der Waals surface area contributed by atoms with Crippen LogP contribution in [0.25, 0.3) is 0 Å². The fourth-order valence-electron chi connectivity index (χ4n) is 3.81. The third kappa shape index (κ3) is 5.90. The maximum Gasteiger partial charge on any atom is 0.309 e. The van der Waals surface area contributed by atoms with Crippen LogP contribution in [0.4, 0.5) is 5.69 Å². The zero-order chi connectivity index (χ0) is 24.9. The van der Waals surface area contributed by atoms with Gasteiger partial charge in [-0.05, 0) is 73.0 Å². The molecule has 10 heteroatoms. The first-order valence-electron chi connectivity index (χ1n) is 11.0. The van der Waals surface area contributed by atoms with Crippen molar-refractivity contribution < 1.29 is 27.5 Å². The van der Waals surface area contributed by atoms with Crippen LogP contribution in [0.3, 0.4) is 0 Å². The summed E-state index contributed by atoms with van der Waals surface area (Å²) in [6, 6.07) is 11.5. The molecule has 1 aliphatic rings. The van der Waals surface area contributed by atoms with E-state index in [0.717, 1.165) is 9.87 Å². The van der Waals surface area contributed by atoms with Crippen LogP contribution in [0.15, 0.2) is 51.8 Å². The summed E-state index contributed by atoms with van der Waals surface area (Å²) in [6.45, 7) is 4.39. The summed E-state index contributed by atoms with van der Waals surface area (Å²) in [7, 11) is -2.56. The highest BCUT2D eigenvalue weighted by Crippen LogP contribution is 2.31. The predicted molar refractivity (Wildman–Crippen MR) is 132 cm³/mol. The average Bonchev–Trinajstić information content (AvgIpc) is 2.83. The van der Waals surface area contributed by atoms with Crippen molar-refractivity contribution in [1.82, 2.24) is 4.90 Å². The maximum absolute atomic E-state index is 13.6. The number of piperidine rings is 1. The van der Waals surface area contributed by atoms with Crippen LogP contribution in [0.2, 0.25) is 0 Å². The minimum absolute atomic E-state index is 0.0366. The van der Waals surface area contributed by atoms with Gasteiger partial charge in [-0.25, -0.2) is 8.42 Å². The molecule has 34 heavy (non-hydrogen) atoms. The molecule has 1 saturated heterocycles. The molecule has 0 atom stereocenters. The molecule has 2 aromatic carbocycles. The standard InChI is InChI=1S/C24H29BrN2O6S/c1-4-33-24(29)18-11-13-26(14-12-18)23(28)16-27(19-7-5-17(2)6-8-19)34(30,31)20-9-10-22(32-3)21(25)15-20/h5-10,15,18H,4,11-14,16H2,1-3H3. The van der Waals surface area contributed by atoms with Crippen molar-refractivity contribution in [2.24, 2.45) is 5.92 Å². The molecule has 0 bridgehead atoms. The van der Waals surface area contributed by atoms with Crippen molar-refractivity contribution in [2.75, 3.05) is 37.7 Å². The Bertz CT molecular complexity index is 1130. The van der Waals surface area contributed by atoms with Crippen LogP contribution >= 0.6 is 15.9 Å². The molecular formula is C24H29BrN2O6S. The lowest BCUT2D eigenvalue weighted by molar-refractivity contribution is -0.151. The SMILES string of the molecule is CCOC(=O)C1CCN(C(=O)CN(c2ccc(C)cc2)S(=O)(=O)c2ccc(OC)c(Br)c2)CC1. The van der Waals surface area contributed by atoms with E-state index in [4.69, 9.17) is 9.47 Å². The minimum atomic E-state index is -4.05. The third-order valence-electron chi connectivity index (χ3n) is 5.78.